The number of hydrogen-bond donors (Lipinski definition) is 2. The van der Waals surface area contributed by atoms with E-state index in [2.05, 4.69) is 10.3 Å². The van der Waals surface area contributed by atoms with Crippen LogP contribution in [0.15, 0.2) is 38.4 Å². The summed E-state index contributed by atoms with van der Waals surface area (Å²) in [4.78, 5) is 6.35. The average molecular weight is 297 g/mol. The van der Waals surface area contributed by atoms with Gasteiger partial charge in [-0.05, 0) is 26.3 Å². The minimum absolute atomic E-state index is 0.219. The van der Waals surface area contributed by atoms with E-state index in [0.29, 0.717) is 11.6 Å². The van der Waals surface area contributed by atoms with Crippen LogP contribution in [0.5, 0.6) is 0 Å². The molecule has 0 bridgehead atoms. The maximum atomic E-state index is 6.40. The van der Waals surface area contributed by atoms with Gasteiger partial charge in [0.25, 0.3) is 0 Å². The molecule has 2 aliphatic rings. The van der Waals surface area contributed by atoms with Crippen molar-refractivity contribution in [3.05, 3.63) is 33.5 Å². The van der Waals surface area contributed by atoms with Gasteiger partial charge in [-0.25, -0.2) is 0 Å². The Morgan fingerprint density at radius 3 is 2.70 bits per heavy atom. The number of aliphatic imine (C=N–C) groups is 1. The number of halogens is 1. The number of nitrogens with one attached hydrogen (secondary N) is 1. The van der Waals surface area contributed by atoms with Crippen molar-refractivity contribution in [2.24, 2.45) is 10.7 Å². The van der Waals surface area contributed by atoms with Crippen molar-refractivity contribution in [2.75, 3.05) is 20.6 Å². The molecule has 110 valence electrons. The molecule has 0 radical (unpaired) electrons. The van der Waals surface area contributed by atoms with Gasteiger partial charge in [0, 0.05) is 31.9 Å². The van der Waals surface area contributed by atoms with Crippen LogP contribution in [0.4, 0.5) is 0 Å². The number of hydrogen-bond acceptors (Lipinski definition) is 5. The predicted molar refractivity (Wildman–Crippen MR) is 82.1 cm³/mol. The highest BCUT2D eigenvalue weighted by Crippen LogP contribution is 2.40. The smallest absolute Gasteiger partial charge is 0.201 e. The Balaban J connectivity index is 2.58. The Kier molecular flexibility index (Phi) is 3.99. The lowest BCUT2D eigenvalue weighted by Gasteiger charge is -2.32. The Hall–Kier alpha value is -1.62. The van der Waals surface area contributed by atoms with Crippen LogP contribution in [0.1, 0.15) is 20.8 Å². The van der Waals surface area contributed by atoms with Crippen molar-refractivity contribution in [3.8, 4) is 0 Å². The predicted octanol–water partition coefficient (Wildman–Crippen LogP) is 1.88. The summed E-state index contributed by atoms with van der Waals surface area (Å²) in [6, 6.07) is 0. The monoisotopic (exact) mass is 296 g/mol. The standard InChI is InChI=1S/C14H21ClN4O/c1-6-18-13(16)12-11(17-4)9-7(2)10(15)8(3)19(5)14(9)20-12/h14,18H,6,16H2,1-5H3/b13-12-,17-11-. The van der Waals surface area contributed by atoms with Crippen molar-refractivity contribution >= 4 is 17.3 Å². The zero-order chi connectivity index (χ0) is 15.0. The van der Waals surface area contributed by atoms with E-state index in [9.17, 15) is 0 Å². The van der Waals surface area contributed by atoms with Gasteiger partial charge in [0.15, 0.2) is 5.76 Å². The molecule has 0 amide bonds. The lowest BCUT2D eigenvalue weighted by Crippen LogP contribution is -2.35. The van der Waals surface area contributed by atoms with Crippen molar-refractivity contribution in [1.82, 2.24) is 10.2 Å². The SMILES string of the molecule is CCN/C(N)=C1\OC2C(=C(C)C(Cl)=C(C)N2C)\C1=N\C. The summed E-state index contributed by atoms with van der Waals surface area (Å²) in [7, 11) is 3.69. The third-order valence-electron chi connectivity index (χ3n) is 3.71. The molecule has 3 N–H and O–H groups in total. The first-order valence-electron chi connectivity index (χ1n) is 6.62. The molecule has 1 unspecified atom stereocenters. The normalized spacial score (nSPS) is 27.0. The van der Waals surface area contributed by atoms with Gasteiger partial charge in [-0.1, -0.05) is 11.6 Å². The summed E-state index contributed by atoms with van der Waals surface area (Å²) in [6.07, 6.45) is -0.219. The van der Waals surface area contributed by atoms with Gasteiger partial charge in [0.05, 0.1) is 5.03 Å². The molecule has 6 heteroatoms. The fraction of sp³-hybridized carbons (Fsp3) is 0.500. The minimum atomic E-state index is -0.219. The van der Waals surface area contributed by atoms with E-state index in [-0.39, 0.29) is 6.23 Å². The average Bonchev–Trinajstić information content (AvgIpc) is 2.82. The number of nitrogens with two attached hydrogens (primary N) is 1. The number of fused-ring (bicyclic) bond motifs is 1. The molecule has 0 saturated carbocycles. The van der Waals surface area contributed by atoms with E-state index < -0.39 is 0 Å². The first kappa shape index (κ1) is 14.8. The van der Waals surface area contributed by atoms with E-state index in [1.54, 1.807) is 7.05 Å². The summed E-state index contributed by atoms with van der Waals surface area (Å²) in [5.41, 5.74) is 9.78. The zero-order valence-electron chi connectivity index (χ0n) is 12.5. The molecule has 0 aromatic heterocycles. The zero-order valence-corrected chi connectivity index (χ0v) is 13.3. The maximum Gasteiger partial charge on any atom is 0.201 e. The first-order chi connectivity index (χ1) is 9.43. The molecule has 0 aliphatic carbocycles. The van der Waals surface area contributed by atoms with Crippen LogP contribution < -0.4 is 11.1 Å². The largest absolute Gasteiger partial charge is 0.460 e. The second-order valence-electron chi connectivity index (χ2n) is 4.86. The molecular formula is C14H21ClN4O. The Bertz CT molecular complexity index is 560. The highest BCUT2D eigenvalue weighted by atomic mass is 35.5. The minimum Gasteiger partial charge on any atom is -0.460 e. The van der Waals surface area contributed by atoms with Crippen LogP contribution in [0.2, 0.25) is 0 Å². The molecule has 1 atom stereocenters. The van der Waals surface area contributed by atoms with Crippen LogP contribution in [-0.4, -0.2) is 37.5 Å². The topological polar surface area (TPSA) is 62.9 Å². The Morgan fingerprint density at radius 1 is 1.50 bits per heavy atom. The lowest BCUT2D eigenvalue weighted by atomic mass is 9.98. The van der Waals surface area contributed by atoms with Gasteiger partial charge in [0.2, 0.25) is 6.23 Å². The van der Waals surface area contributed by atoms with Crippen molar-refractivity contribution in [1.29, 1.82) is 0 Å². The number of likely N-dealkylation sites (N-methyl/N-ethyl adjacent to an activating group) is 1. The quantitative estimate of drug-likeness (QED) is 0.817. The van der Waals surface area contributed by atoms with Crippen LogP contribution in [0.3, 0.4) is 0 Å². The van der Waals surface area contributed by atoms with Crippen LogP contribution in [0, 0.1) is 0 Å². The molecule has 2 aliphatic heterocycles. The molecule has 1 fully saturated rings. The van der Waals surface area contributed by atoms with Gasteiger partial charge >= 0.3 is 0 Å². The molecule has 20 heavy (non-hydrogen) atoms. The third kappa shape index (κ3) is 2.06. The Labute approximate surface area is 124 Å². The van der Waals surface area contributed by atoms with Crippen molar-refractivity contribution < 1.29 is 4.74 Å². The van der Waals surface area contributed by atoms with Gasteiger partial charge in [-0.2, -0.15) is 0 Å². The number of rotatable bonds is 2. The van der Waals surface area contributed by atoms with Crippen molar-refractivity contribution in [3.63, 3.8) is 0 Å². The van der Waals surface area contributed by atoms with Gasteiger partial charge in [-0.15, -0.1) is 0 Å². The van der Waals surface area contributed by atoms with Crippen LogP contribution in [0.25, 0.3) is 0 Å². The van der Waals surface area contributed by atoms with Crippen molar-refractivity contribution in [2.45, 2.75) is 27.0 Å². The van der Waals surface area contributed by atoms with Gasteiger partial charge < -0.3 is 20.7 Å². The summed E-state index contributed by atoms with van der Waals surface area (Å²) in [5, 5.41) is 3.82. The second kappa shape index (κ2) is 5.40. The van der Waals surface area contributed by atoms with Gasteiger partial charge in [-0.3, -0.25) is 4.99 Å². The van der Waals surface area contributed by atoms with E-state index >= 15 is 0 Å². The maximum absolute atomic E-state index is 6.40. The molecule has 5 nitrogen and oxygen atoms in total. The lowest BCUT2D eigenvalue weighted by molar-refractivity contribution is 0.0635. The highest BCUT2D eigenvalue weighted by molar-refractivity contribution is 6.33. The Morgan fingerprint density at radius 2 is 2.15 bits per heavy atom. The number of ether oxygens (including phenoxy) is 1. The molecular weight excluding hydrogens is 276 g/mol. The van der Waals surface area contributed by atoms with Gasteiger partial charge in [0.1, 0.15) is 11.5 Å². The van der Waals surface area contributed by atoms with Crippen LogP contribution in [-0.2, 0) is 4.74 Å². The molecule has 2 heterocycles. The van der Waals surface area contributed by atoms with E-state index in [1.165, 1.54) is 0 Å². The molecule has 0 aromatic carbocycles. The fourth-order valence-corrected chi connectivity index (χ4v) is 2.74. The second-order valence-corrected chi connectivity index (χ2v) is 5.24. The van der Waals surface area contributed by atoms with Crippen LogP contribution >= 0.6 is 11.6 Å². The van der Waals surface area contributed by atoms with E-state index in [4.69, 9.17) is 22.1 Å². The van der Waals surface area contributed by atoms with E-state index in [0.717, 1.165) is 34.1 Å². The molecule has 2 rings (SSSR count). The fourth-order valence-electron chi connectivity index (χ4n) is 2.51. The highest BCUT2D eigenvalue weighted by Gasteiger charge is 2.42. The molecule has 0 aromatic rings. The molecule has 1 saturated heterocycles. The number of nitrogens with zero attached hydrogens (tertiary/aromatic N) is 2. The summed E-state index contributed by atoms with van der Waals surface area (Å²) < 4.78 is 6.02. The summed E-state index contributed by atoms with van der Waals surface area (Å²) >= 11 is 6.40. The third-order valence-corrected chi connectivity index (χ3v) is 4.27. The summed E-state index contributed by atoms with van der Waals surface area (Å²) in [6.45, 7) is 6.68. The van der Waals surface area contributed by atoms with E-state index in [1.807, 2.05) is 32.7 Å². The summed E-state index contributed by atoms with van der Waals surface area (Å²) in [5.74, 6) is 1.10. The first-order valence-corrected chi connectivity index (χ1v) is 6.99. The number of allylic oxidation sites excluding steroid dienone is 4. The molecule has 0 spiro atoms.